The molecule has 278 valence electrons. The Kier molecular flexibility index (Phi) is 18.7. The van der Waals surface area contributed by atoms with Crippen molar-refractivity contribution >= 4 is 41.9 Å². The van der Waals surface area contributed by atoms with E-state index in [0.29, 0.717) is 31.7 Å². The van der Waals surface area contributed by atoms with Crippen LogP contribution in [0.15, 0.2) is 0 Å². The maximum Gasteiger partial charge on any atom is 0.317 e. The van der Waals surface area contributed by atoms with Crippen LogP contribution in [0, 0.1) is 5.92 Å². The monoisotopic (exact) mass is 698 g/mol. The maximum absolute atomic E-state index is 12.7. The number of hydrogen-bond acceptors (Lipinski definition) is 12. The molecule has 0 aromatic heterocycles. The molecule has 2 heterocycles. The van der Waals surface area contributed by atoms with Gasteiger partial charge in [-0.1, -0.05) is 13.8 Å². The molecule has 2 saturated heterocycles. The Balaban J connectivity index is 1.95. The van der Waals surface area contributed by atoms with Gasteiger partial charge in [-0.05, 0) is 38.1 Å². The first kappa shape index (κ1) is 41.5. The Bertz CT molecular complexity index is 1090. The average Bonchev–Trinajstić information content (AvgIpc) is 3.01. The molecular formula is C31H54N8O10. The second kappa shape index (κ2) is 22.1. The van der Waals surface area contributed by atoms with Gasteiger partial charge in [0.05, 0.1) is 26.1 Å². The van der Waals surface area contributed by atoms with Gasteiger partial charge in [0.1, 0.15) is 18.2 Å². The molecular weight excluding hydrogens is 644 g/mol. The van der Waals surface area contributed by atoms with Gasteiger partial charge < -0.3 is 36.1 Å². The van der Waals surface area contributed by atoms with Crippen molar-refractivity contribution in [3.63, 3.8) is 0 Å². The van der Waals surface area contributed by atoms with Crippen LogP contribution in [0.1, 0.15) is 46.0 Å². The van der Waals surface area contributed by atoms with Gasteiger partial charge in [-0.2, -0.15) is 0 Å². The first-order chi connectivity index (χ1) is 23.3. The molecule has 0 aromatic rings. The highest BCUT2D eigenvalue weighted by atomic mass is 16.4. The van der Waals surface area contributed by atoms with Crippen molar-refractivity contribution in [1.82, 2.24) is 40.9 Å². The minimum atomic E-state index is -1.05. The molecule has 0 aromatic carbocycles. The lowest BCUT2D eigenvalue weighted by Crippen LogP contribution is -2.62. The van der Waals surface area contributed by atoms with Crippen molar-refractivity contribution in [3.05, 3.63) is 0 Å². The minimum Gasteiger partial charge on any atom is -0.480 e. The molecule has 0 bridgehead atoms. The standard InChI is InChI=1S/C31H54N8O10/c1-22(2)5-3-8-33-26(41)17-24-31(49)34-23(30(48)35-24)6-4-7-32-25(21-40)39-15-13-37(19-28(44)45)11-9-36(18-27(42)43)10-12-38(14-16-39)20-29(46)47/h21-25,32H,3-20H2,1-2H3,(H,33,41)(H,34,49)(H,35,48)(H,42,43)(H,44,45)(H,46,47)/t23-,24?,25?/m1/s1. The lowest BCUT2D eigenvalue weighted by molar-refractivity contribution is -0.140. The van der Waals surface area contributed by atoms with E-state index in [9.17, 15) is 48.9 Å². The summed E-state index contributed by atoms with van der Waals surface area (Å²) in [6, 6.07) is -1.76. The number of carbonyl (C=O) groups excluding carboxylic acids is 4. The SMILES string of the molecule is CC(C)CCCNC(=O)CC1NC(=O)[C@@H](CCCNC(C=O)N2CCN(CC(=O)O)CCN(CC(=O)O)CCN(CC(=O)O)CC2)NC1=O. The number of amides is 3. The Morgan fingerprint density at radius 3 is 1.69 bits per heavy atom. The highest BCUT2D eigenvalue weighted by Gasteiger charge is 2.34. The summed E-state index contributed by atoms with van der Waals surface area (Å²) in [7, 11) is 0. The van der Waals surface area contributed by atoms with E-state index in [1.165, 1.54) is 0 Å². The highest BCUT2D eigenvalue weighted by molar-refractivity contribution is 5.99. The number of piperazine rings is 1. The van der Waals surface area contributed by atoms with Gasteiger partial charge in [0.15, 0.2) is 6.29 Å². The number of rotatable bonds is 19. The second-order valence-corrected chi connectivity index (χ2v) is 12.9. The van der Waals surface area contributed by atoms with Gasteiger partial charge >= 0.3 is 17.9 Å². The average molecular weight is 699 g/mol. The zero-order chi connectivity index (χ0) is 36.3. The van der Waals surface area contributed by atoms with Crippen LogP contribution in [0.2, 0.25) is 0 Å². The van der Waals surface area contributed by atoms with Crippen molar-refractivity contribution in [2.24, 2.45) is 5.92 Å². The van der Waals surface area contributed by atoms with E-state index in [2.05, 4.69) is 35.1 Å². The summed E-state index contributed by atoms with van der Waals surface area (Å²) in [5.74, 6) is -3.78. The molecule has 0 aliphatic carbocycles. The van der Waals surface area contributed by atoms with Crippen molar-refractivity contribution < 1.29 is 48.9 Å². The Hall–Kier alpha value is -3.71. The molecule has 3 amide bonds. The summed E-state index contributed by atoms with van der Waals surface area (Å²) < 4.78 is 0. The molecule has 18 nitrogen and oxygen atoms in total. The van der Waals surface area contributed by atoms with E-state index >= 15 is 0 Å². The molecule has 18 heteroatoms. The van der Waals surface area contributed by atoms with Gasteiger partial charge in [0, 0.05) is 58.9 Å². The zero-order valence-electron chi connectivity index (χ0n) is 28.6. The number of aldehydes is 1. The second-order valence-electron chi connectivity index (χ2n) is 12.9. The van der Waals surface area contributed by atoms with Gasteiger partial charge in [-0.15, -0.1) is 0 Å². The van der Waals surface area contributed by atoms with E-state index in [1.54, 1.807) is 19.6 Å². The number of aliphatic carboxylic acids is 3. The number of nitrogens with one attached hydrogen (secondary N) is 4. The molecule has 2 aliphatic rings. The van der Waals surface area contributed by atoms with Crippen molar-refractivity contribution in [3.8, 4) is 0 Å². The van der Waals surface area contributed by atoms with Crippen molar-refractivity contribution in [2.45, 2.75) is 64.2 Å². The number of carbonyl (C=O) groups is 7. The van der Waals surface area contributed by atoms with Crippen LogP contribution >= 0.6 is 0 Å². The van der Waals surface area contributed by atoms with Crippen LogP contribution in [0.4, 0.5) is 0 Å². The third-order valence-corrected chi connectivity index (χ3v) is 8.43. The fourth-order valence-corrected chi connectivity index (χ4v) is 5.72. The number of carboxylic acids is 3. The van der Waals surface area contributed by atoms with Crippen molar-refractivity contribution in [2.75, 3.05) is 85.1 Å². The zero-order valence-corrected chi connectivity index (χ0v) is 28.6. The van der Waals surface area contributed by atoms with Crippen LogP contribution < -0.4 is 21.3 Å². The lowest BCUT2D eigenvalue weighted by Gasteiger charge is -2.35. The van der Waals surface area contributed by atoms with Gasteiger partial charge in [0.25, 0.3) is 0 Å². The molecule has 7 N–H and O–H groups in total. The lowest BCUT2D eigenvalue weighted by atomic mass is 10.0. The van der Waals surface area contributed by atoms with E-state index in [-0.39, 0.29) is 90.7 Å². The largest absolute Gasteiger partial charge is 0.480 e. The highest BCUT2D eigenvalue weighted by Crippen LogP contribution is 2.08. The fraction of sp³-hybridized carbons (Fsp3) is 0.774. The summed E-state index contributed by atoms with van der Waals surface area (Å²) in [5.41, 5.74) is 0. The van der Waals surface area contributed by atoms with E-state index in [1.807, 2.05) is 0 Å². The molecule has 2 fully saturated rings. The molecule has 0 radical (unpaired) electrons. The number of carboxylic acid groups (broad SMARTS) is 3. The first-order valence-corrected chi connectivity index (χ1v) is 16.9. The van der Waals surface area contributed by atoms with Crippen LogP contribution in [0.5, 0.6) is 0 Å². The molecule has 0 saturated carbocycles. The van der Waals surface area contributed by atoms with Crippen LogP contribution in [-0.4, -0.2) is 180 Å². The summed E-state index contributed by atoms with van der Waals surface area (Å²) in [6.45, 7) is 6.21. The third-order valence-electron chi connectivity index (χ3n) is 8.43. The molecule has 2 rings (SSSR count). The summed E-state index contributed by atoms with van der Waals surface area (Å²) >= 11 is 0. The Morgan fingerprint density at radius 2 is 1.22 bits per heavy atom. The normalized spacial score (nSPS) is 21.5. The van der Waals surface area contributed by atoms with E-state index in [4.69, 9.17) is 0 Å². The van der Waals surface area contributed by atoms with Crippen LogP contribution in [0.3, 0.4) is 0 Å². The van der Waals surface area contributed by atoms with Gasteiger partial charge in [-0.3, -0.25) is 53.7 Å². The van der Waals surface area contributed by atoms with Crippen LogP contribution in [-0.2, 0) is 33.6 Å². The topological polar surface area (TPSA) is 241 Å². The third kappa shape index (κ3) is 17.0. The molecule has 3 atom stereocenters. The fourth-order valence-electron chi connectivity index (χ4n) is 5.72. The molecule has 49 heavy (non-hydrogen) atoms. The molecule has 2 unspecified atom stereocenters. The smallest absolute Gasteiger partial charge is 0.317 e. The molecule has 0 spiro atoms. The predicted octanol–water partition coefficient (Wildman–Crippen LogP) is -2.72. The summed E-state index contributed by atoms with van der Waals surface area (Å²) in [5, 5.41) is 39.4. The summed E-state index contributed by atoms with van der Waals surface area (Å²) in [6.07, 6.45) is 2.23. The number of nitrogens with zero attached hydrogens (tertiary/aromatic N) is 4. The van der Waals surface area contributed by atoms with Gasteiger partial charge in [-0.25, -0.2) is 0 Å². The first-order valence-electron chi connectivity index (χ1n) is 16.9. The maximum atomic E-state index is 12.7. The summed E-state index contributed by atoms with van der Waals surface area (Å²) in [4.78, 5) is 91.0. The molecule has 2 aliphatic heterocycles. The Morgan fingerprint density at radius 1 is 0.755 bits per heavy atom. The van der Waals surface area contributed by atoms with Crippen LogP contribution in [0.25, 0.3) is 0 Å². The van der Waals surface area contributed by atoms with E-state index < -0.39 is 48.0 Å². The van der Waals surface area contributed by atoms with Crippen molar-refractivity contribution in [1.29, 1.82) is 0 Å². The predicted molar refractivity (Wildman–Crippen MR) is 176 cm³/mol. The number of hydrogen-bond donors (Lipinski definition) is 7. The quantitative estimate of drug-likeness (QED) is 0.0536. The van der Waals surface area contributed by atoms with E-state index in [0.717, 1.165) is 12.8 Å². The van der Waals surface area contributed by atoms with Gasteiger partial charge in [0.2, 0.25) is 17.7 Å². The minimum absolute atomic E-state index is 0.154. The Labute approximate surface area is 286 Å².